The molecule has 0 aromatic heterocycles. The summed E-state index contributed by atoms with van der Waals surface area (Å²) in [4.78, 5) is 11.5. The molecule has 1 aromatic carbocycles. The molecule has 0 spiro atoms. The van der Waals surface area contributed by atoms with Crippen LogP contribution in [0.25, 0.3) is 0 Å². The van der Waals surface area contributed by atoms with Crippen LogP contribution in [0.5, 0.6) is 17.2 Å². The van der Waals surface area contributed by atoms with Crippen LogP contribution in [0.15, 0.2) is 12.1 Å². The molecule has 2 rings (SSSR count). The van der Waals surface area contributed by atoms with Gasteiger partial charge in [0, 0.05) is 18.2 Å². The quantitative estimate of drug-likeness (QED) is 0.612. The van der Waals surface area contributed by atoms with Crippen molar-refractivity contribution < 1.29 is 23.7 Å². The first-order valence-corrected chi connectivity index (χ1v) is 7.03. The first-order chi connectivity index (χ1) is 10.2. The molecule has 0 fully saturated rings. The summed E-state index contributed by atoms with van der Waals surface area (Å²) in [6.07, 6.45) is 0.361. The van der Waals surface area contributed by atoms with Crippen molar-refractivity contribution in [2.75, 3.05) is 20.4 Å². The fourth-order valence-electron chi connectivity index (χ4n) is 2.02. The van der Waals surface area contributed by atoms with Crippen LogP contribution in [0, 0.1) is 0 Å². The van der Waals surface area contributed by atoms with Gasteiger partial charge in [-0.25, -0.2) is 4.79 Å². The maximum Gasteiger partial charge on any atom is 0.346 e. The van der Waals surface area contributed by atoms with E-state index in [0.717, 1.165) is 18.5 Å². The van der Waals surface area contributed by atoms with Crippen molar-refractivity contribution >= 4 is 5.97 Å². The van der Waals surface area contributed by atoms with Gasteiger partial charge in [-0.3, -0.25) is 0 Å². The summed E-state index contributed by atoms with van der Waals surface area (Å²) in [5.74, 6) is 1.50. The Morgan fingerprint density at radius 2 is 2.10 bits per heavy atom. The minimum absolute atomic E-state index is 0.202. The van der Waals surface area contributed by atoms with Crippen LogP contribution in [0.2, 0.25) is 0 Å². The van der Waals surface area contributed by atoms with Crippen molar-refractivity contribution in [2.45, 2.75) is 32.9 Å². The van der Waals surface area contributed by atoms with E-state index in [1.54, 1.807) is 13.0 Å². The van der Waals surface area contributed by atoms with Crippen LogP contribution >= 0.6 is 0 Å². The molecule has 0 amide bonds. The fourth-order valence-corrected chi connectivity index (χ4v) is 2.02. The minimum atomic E-state index is -0.680. The van der Waals surface area contributed by atoms with Gasteiger partial charge in [-0.1, -0.05) is 6.92 Å². The summed E-state index contributed by atoms with van der Waals surface area (Å²) >= 11 is 0. The average Bonchev–Trinajstić information content (AvgIpc) is 2.93. The Balaban J connectivity index is 2.18. The van der Waals surface area contributed by atoms with Crippen LogP contribution in [0.4, 0.5) is 0 Å². The Morgan fingerprint density at radius 1 is 1.38 bits per heavy atom. The highest BCUT2D eigenvalue weighted by atomic mass is 16.7. The predicted molar refractivity (Wildman–Crippen MR) is 76.7 cm³/mol. The normalized spacial score (nSPS) is 13.9. The number of nitrogens with one attached hydrogen (secondary N) is 1. The van der Waals surface area contributed by atoms with Crippen LogP contribution in [-0.4, -0.2) is 32.5 Å². The molecular weight excluding hydrogens is 274 g/mol. The zero-order chi connectivity index (χ0) is 15.2. The topological polar surface area (TPSA) is 66.0 Å². The Morgan fingerprint density at radius 3 is 2.76 bits per heavy atom. The van der Waals surface area contributed by atoms with Crippen molar-refractivity contribution in [1.82, 2.24) is 5.32 Å². The maximum absolute atomic E-state index is 11.5. The van der Waals surface area contributed by atoms with E-state index in [4.69, 9.17) is 14.2 Å². The monoisotopic (exact) mass is 295 g/mol. The highest BCUT2D eigenvalue weighted by Crippen LogP contribution is 2.38. The number of carbonyl (C=O) groups is 1. The minimum Gasteiger partial charge on any atom is -0.479 e. The van der Waals surface area contributed by atoms with Crippen molar-refractivity contribution in [2.24, 2.45) is 0 Å². The zero-order valence-corrected chi connectivity index (χ0v) is 12.6. The lowest BCUT2D eigenvalue weighted by molar-refractivity contribution is -0.147. The van der Waals surface area contributed by atoms with Crippen LogP contribution < -0.4 is 19.5 Å². The molecule has 1 heterocycles. The Kier molecular flexibility index (Phi) is 5.27. The summed E-state index contributed by atoms with van der Waals surface area (Å²) in [7, 11) is 1.34. The zero-order valence-electron chi connectivity index (χ0n) is 12.6. The van der Waals surface area contributed by atoms with E-state index in [1.165, 1.54) is 7.11 Å². The van der Waals surface area contributed by atoms with E-state index >= 15 is 0 Å². The maximum atomic E-state index is 11.5. The van der Waals surface area contributed by atoms with Gasteiger partial charge in [0.2, 0.25) is 6.79 Å². The number of esters is 1. The number of benzene rings is 1. The summed E-state index contributed by atoms with van der Waals surface area (Å²) in [5, 5.41) is 3.31. The molecule has 1 unspecified atom stereocenters. The van der Waals surface area contributed by atoms with Gasteiger partial charge in [-0.05, 0) is 26.0 Å². The molecule has 116 valence electrons. The molecule has 0 bridgehead atoms. The van der Waals surface area contributed by atoms with E-state index in [9.17, 15) is 4.79 Å². The number of ether oxygens (including phenoxy) is 4. The van der Waals surface area contributed by atoms with Gasteiger partial charge in [0.1, 0.15) is 5.75 Å². The van der Waals surface area contributed by atoms with Gasteiger partial charge in [0.25, 0.3) is 0 Å². The van der Waals surface area contributed by atoms with E-state index in [0.29, 0.717) is 23.8 Å². The molecule has 21 heavy (non-hydrogen) atoms. The molecule has 6 nitrogen and oxygen atoms in total. The summed E-state index contributed by atoms with van der Waals surface area (Å²) in [6.45, 7) is 5.49. The second-order valence-electron chi connectivity index (χ2n) is 4.77. The predicted octanol–water partition coefficient (Wildman–Crippen LogP) is 1.86. The van der Waals surface area contributed by atoms with Gasteiger partial charge in [0.15, 0.2) is 17.6 Å². The molecule has 1 aliphatic rings. The highest BCUT2D eigenvalue weighted by Gasteiger charge is 2.21. The smallest absolute Gasteiger partial charge is 0.346 e. The summed E-state index contributed by atoms with van der Waals surface area (Å²) in [6, 6.07) is 3.63. The molecular formula is C15H21NO5. The van der Waals surface area contributed by atoms with E-state index < -0.39 is 12.1 Å². The third kappa shape index (κ3) is 3.78. The number of hydrogen-bond acceptors (Lipinski definition) is 6. The number of hydrogen-bond donors (Lipinski definition) is 1. The lowest BCUT2D eigenvalue weighted by Crippen LogP contribution is -2.26. The standard InChI is InChI=1S/C15H21NO5/c1-4-5-16-8-11-6-13-14(20-9-19-13)7-12(11)21-10(2)15(17)18-3/h6-7,10,16H,4-5,8-9H2,1-3H3. The van der Waals surface area contributed by atoms with Gasteiger partial charge in [0.05, 0.1) is 7.11 Å². The first-order valence-electron chi connectivity index (χ1n) is 7.03. The van der Waals surface area contributed by atoms with Gasteiger partial charge in [-0.15, -0.1) is 0 Å². The number of methoxy groups -OCH3 is 1. The Hall–Kier alpha value is -1.95. The summed E-state index contributed by atoms with van der Waals surface area (Å²) < 4.78 is 21.1. The molecule has 1 aliphatic heterocycles. The number of carbonyl (C=O) groups excluding carboxylic acids is 1. The lowest BCUT2D eigenvalue weighted by atomic mass is 10.1. The molecule has 0 saturated heterocycles. The third-order valence-electron chi connectivity index (χ3n) is 3.13. The van der Waals surface area contributed by atoms with Gasteiger partial charge in [-0.2, -0.15) is 0 Å². The second kappa shape index (κ2) is 7.17. The van der Waals surface area contributed by atoms with Crippen LogP contribution in [-0.2, 0) is 16.1 Å². The highest BCUT2D eigenvalue weighted by molar-refractivity contribution is 5.74. The molecule has 0 saturated carbocycles. The average molecular weight is 295 g/mol. The lowest BCUT2D eigenvalue weighted by Gasteiger charge is -2.16. The molecule has 1 N–H and O–H groups in total. The number of rotatable bonds is 7. The van der Waals surface area contributed by atoms with Crippen molar-refractivity contribution in [3.8, 4) is 17.2 Å². The van der Waals surface area contributed by atoms with E-state index in [2.05, 4.69) is 17.0 Å². The van der Waals surface area contributed by atoms with Gasteiger partial charge >= 0.3 is 5.97 Å². The number of fused-ring (bicyclic) bond motifs is 1. The largest absolute Gasteiger partial charge is 0.479 e. The Labute approximate surface area is 124 Å². The van der Waals surface area contributed by atoms with Gasteiger partial charge < -0.3 is 24.3 Å². The molecule has 0 radical (unpaired) electrons. The van der Waals surface area contributed by atoms with Crippen molar-refractivity contribution in [1.29, 1.82) is 0 Å². The Bertz CT molecular complexity index is 503. The molecule has 6 heteroatoms. The second-order valence-corrected chi connectivity index (χ2v) is 4.77. The van der Waals surface area contributed by atoms with E-state index in [-0.39, 0.29) is 6.79 Å². The van der Waals surface area contributed by atoms with Crippen LogP contribution in [0.1, 0.15) is 25.8 Å². The van der Waals surface area contributed by atoms with E-state index in [1.807, 2.05) is 6.07 Å². The molecule has 1 atom stereocenters. The third-order valence-corrected chi connectivity index (χ3v) is 3.13. The summed E-state index contributed by atoms with van der Waals surface area (Å²) in [5.41, 5.74) is 0.920. The molecule has 1 aromatic rings. The SMILES string of the molecule is CCCNCc1cc2c(cc1OC(C)C(=O)OC)OCO2. The fraction of sp³-hybridized carbons (Fsp3) is 0.533. The van der Waals surface area contributed by atoms with Crippen LogP contribution in [0.3, 0.4) is 0 Å². The van der Waals surface area contributed by atoms with Crippen molar-refractivity contribution in [3.05, 3.63) is 17.7 Å². The molecule has 0 aliphatic carbocycles. The first kappa shape index (κ1) is 15.4. The van der Waals surface area contributed by atoms with Crippen molar-refractivity contribution in [3.63, 3.8) is 0 Å².